The highest BCUT2D eigenvalue weighted by Gasteiger charge is 2.15. The van der Waals surface area contributed by atoms with E-state index in [1.165, 1.54) is 0 Å². The molecule has 0 aliphatic carbocycles. The van der Waals surface area contributed by atoms with Crippen molar-refractivity contribution in [1.82, 2.24) is 10.2 Å². The monoisotopic (exact) mass is 474 g/mol. The van der Waals surface area contributed by atoms with Crippen LogP contribution in [-0.2, 0) is 14.8 Å². The first-order valence-corrected chi connectivity index (χ1v) is 11.3. The van der Waals surface area contributed by atoms with E-state index in [1.54, 1.807) is 36.4 Å². The second kappa shape index (κ2) is 8.48. The lowest BCUT2D eigenvalue weighted by Gasteiger charge is -2.27. The minimum absolute atomic E-state index is 0.203. The molecule has 9 heteroatoms. The van der Waals surface area contributed by atoms with Gasteiger partial charge in [-0.25, -0.2) is 8.42 Å². The van der Waals surface area contributed by atoms with Crippen LogP contribution in [0.5, 0.6) is 0 Å². The molecule has 0 radical (unpaired) electrons. The number of morpholine rings is 1. The molecule has 0 spiro atoms. The summed E-state index contributed by atoms with van der Waals surface area (Å²) in [5, 5.41) is 8.62. The number of nitrogens with zero attached hydrogens (tertiary/aromatic N) is 3. The Bertz CT molecular complexity index is 1070. The number of halogens is 1. The maximum absolute atomic E-state index is 12.5. The number of aromatic nitrogens is 2. The molecule has 3 aromatic rings. The highest BCUT2D eigenvalue weighted by atomic mass is 79.9. The van der Waals surface area contributed by atoms with Gasteiger partial charge in [-0.15, -0.1) is 10.2 Å². The molecular weight excluding hydrogens is 456 g/mol. The van der Waals surface area contributed by atoms with Crippen molar-refractivity contribution in [2.75, 3.05) is 35.9 Å². The largest absolute Gasteiger partial charge is 0.378 e. The number of ether oxygens (including phenoxy) is 1. The molecule has 150 valence electrons. The first-order chi connectivity index (χ1) is 14.0. The van der Waals surface area contributed by atoms with Gasteiger partial charge in [-0.2, -0.15) is 0 Å². The van der Waals surface area contributed by atoms with E-state index in [9.17, 15) is 8.42 Å². The van der Waals surface area contributed by atoms with Crippen molar-refractivity contribution < 1.29 is 13.2 Å². The van der Waals surface area contributed by atoms with Gasteiger partial charge in [0, 0.05) is 28.8 Å². The lowest BCUT2D eigenvalue weighted by Crippen LogP contribution is -2.36. The molecule has 4 rings (SSSR count). The molecule has 1 aliphatic rings. The van der Waals surface area contributed by atoms with E-state index in [1.807, 2.05) is 24.3 Å². The zero-order valence-corrected chi connectivity index (χ0v) is 17.9. The van der Waals surface area contributed by atoms with Crippen LogP contribution in [0.15, 0.2) is 70.0 Å². The average Bonchev–Trinajstić information content (AvgIpc) is 2.75. The quantitative estimate of drug-likeness (QED) is 0.608. The number of rotatable bonds is 5. The number of sulfonamides is 1. The van der Waals surface area contributed by atoms with Crippen molar-refractivity contribution in [2.45, 2.75) is 4.90 Å². The summed E-state index contributed by atoms with van der Waals surface area (Å²) < 4.78 is 33.7. The summed E-state index contributed by atoms with van der Waals surface area (Å²) in [6.07, 6.45) is 0. The van der Waals surface area contributed by atoms with Crippen molar-refractivity contribution >= 4 is 37.5 Å². The molecule has 2 heterocycles. The van der Waals surface area contributed by atoms with Crippen LogP contribution in [0.2, 0.25) is 0 Å². The minimum Gasteiger partial charge on any atom is -0.378 e. The predicted octanol–water partition coefficient (Wildman–Crippen LogP) is 3.54. The average molecular weight is 475 g/mol. The number of hydrogen-bond acceptors (Lipinski definition) is 6. The Labute approximate surface area is 177 Å². The van der Waals surface area contributed by atoms with Crippen molar-refractivity contribution in [3.05, 3.63) is 65.1 Å². The topological polar surface area (TPSA) is 84.4 Å². The Balaban J connectivity index is 1.47. The molecule has 0 unspecified atom stereocenters. The molecule has 1 saturated heterocycles. The fourth-order valence-electron chi connectivity index (χ4n) is 2.98. The third kappa shape index (κ3) is 4.75. The van der Waals surface area contributed by atoms with Crippen LogP contribution in [0, 0.1) is 0 Å². The van der Waals surface area contributed by atoms with Gasteiger partial charge in [0.05, 0.1) is 23.8 Å². The zero-order valence-electron chi connectivity index (χ0n) is 15.5. The summed E-state index contributed by atoms with van der Waals surface area (Å²) in [6.45, 7) is 3.00. The molecule has 0 amide bonds. The smallest absolute Gasteiger partial charge is 0.261 e. The van der Waals surface area contributed by atoms with E-state index in [0.717, 1.165) is 34.6 Å². The van der Waals surface area contributed by atoms with Crippen molar-refractivity contribution in [3.8, 4) is 11.3 Å². The molecule has 0 atom stereocenters. The van der Waals surface area contributed by atoms with Gasteiger partial charge in [0.1, 0.15) is 0 Å². The molecule has 1 N–H and O–H groups in total. The zero-order chi connectivity index (χ0) is 20.3. The molecule has 0 bridgehead atoms. The fraction of sp³-hybridized carbons (Fsp3) is 0.200. The Morgan fingerprint density at radius 3 is 2.21 bits per heavy atom. The molecule has 1 aromatic heterocycles. The van der Waals surface area contributed by atoms with Crippen molar-refractivity contribution in [2.24, 2.45) is 0 Å². The van der Waals surface area contributed by atoms with E-state index in [0.29, 0.717) is 18.9 Å². The van der Waals surface area contributed by atoms with E-state index in [4.69, 9.17) is 4.74 Å². The van der Waals surface area contributed by atoms with E-state index in [2.05, 4.69) is 35.7 Å². The van der Waals surface area contributed by atoms with Crippen LogP contribution in [0.3, 0.4) is 0 Å². The second-order valence-electron chi connectivity index (χ2n) is 6.51. The first-order valence-electron chi connectivity index (χ1n) is 9.06. The van der Waals surface area contributed by atoms with Gasteiger partial charge in [-0.3, -0.25) is 4.72 Å². The number of hydrogen-bond donors (Lipinski definition) is 1. The summed E-state index contributed by atoms with van der Waals surface area (Å²) in [7, 11) is -3.64. The maximum Gasteiger partial charge on any atom is 0.261 e. The van der Waals surface area contributed by atoms with Gasteiger partial charge in [-0.05, 0) is 48.5 Å². The minimum atomic E-state index is -3.64. The highest BCUT2D eigenvalue weighted by Crippen LogP contribution is 2.23. The van der Waals surface area contributed by atoms with Crippen LogP contribution in [-0.4, -0.2) is 44.9 Å². The van der Waals surface area contributed by atoms with Crippen LogP contribution < -0.4 is 9.62 Å². The highest BCUT2D eigenvalue weighted by molar-refractivity contribution is 9.10. The molecule has 1 fully saturated rings. The van der Waals surface area contributed by atoms with Gasteiger partial charge in [0.2, 0.25) is 0 Å². The van der Waals surface area contributed by atoms with Gasteiger partial charge < -0.3 is 9.64 Å². The van der Waals surface area contributed by atoms with Crippen molar-refractivity contribution in [3.63, 3.8) is 0 Å². The third-order valence-electron chi connectivity index (χ3n) is 4.54. The van der Waals surface area contributed by atoms with Gasteiger partial charge in [-0.1, -0.05) is 28.1 Å². The summed E-state index contributed by atoms with van der Waals surface area (Å²) >= 11 is 3.30. The molecule has 29 heavy (non-hydrogen) atoms. The van der Waals surface area contributed by atoms with E-state index in [-0.39, 0.29) is 4.90 Å². The van der Waals surface area contributed by atoms with E-state index < -0.39 is 10.0 Å². The first kappa shape index (κ1) is 19.8. The second-order valence-corrected chi connectivity index (χ2v) is 9.11. The van der Waals surface area contributed by atoms with Gasteiger partial charge >= 0.3 is 0 Å². The lowest BCUT2D eigenvalue weighted by molar-refractivity contribution is 0.122. The van der Waals surface area contributed by atoms with Crippen LogP contribution in [0.4, 0.5) is 11.5 Å². The van der Waals surface area contributed by atoms with Crippen LogP contribution >= 0.6 is 15.9 Å². The van der Waals surface area contributed by atoms with Gasteiger partial charge in [0.25, 0.3) is 10.0 Å². The number of nitrogens with one attached hydrogen (secondary N) is 1. The maximum atomic E-state index is 12.5. The van der Waals surface area contributed by atoms with Gasteiger partial charge in [0.15, 0.2) is 5.82 Å². The summed E-state index contributed by atoms with van der Waals surface area (Å²) in [5.74, 6) is 0.830. The Morgan fingerprint density at radius 1 is 0.897 bits per heavy atom. The van der Waals surface area contributed by atoms with Crippen LogP contribution in [0.1, 0.15) is 0 Å². The van der Waals surface area contributed by atoms with E-state index >= 15 is 0 Å². The normalized spacial score (nSPS) is 14.6. The van der Waals surface area contributed by atoms with Crippen LogP contribution in [0.25, 0.3) is 11.3 Å². The fourth-order valence-corrected chi connectivity index (χ4v) is 4.30. The lowest BCUT2D eigenvalue weighted by atomic mass is 10.1. The standard InChI is InChI=1S/C20H19BrN4O3S/c21-16-3-7-18(8-4-16)29(26,27)24-17-5-1-15(2-6-17)19-9-10-20(23-22-19)25-11-13-28-14-12-25/h1-10,24H,11-14H2. The summed E-state index contributed by atoms with van der Waals surface area (Å²) in [6, 6.07) is 17.4. The number of benzene rings is 2. The summed E-state index contributed by atoms with van der Waals surface area (Å²) in [5.41, 5.74) is 2.07. The molecular formula is C20H19BrN4O3S. The molecule has 2 aromatic carbocycles. The summed E-state index contributed by atoms with van der Waals surface area (Å²) in [4.78, 5) is 2.34. The third-order valence-corrected chi connectivity index (χ3v) is 6.47. The number of anilines is 2. The molecule has 1 aliphatic heterocycles. The SMILES string of the molecule is O=S(=O)(Nc1ccc(-c2ccc(N3CCOCC3)nn2)cc1)c1ccc(Br)cc1. The Morgan fingerprint density at radius 2 is 1.59 bits per heavy atom. The molecule has 0 saturated carbocycles. The van der Waals surface area contributed by atoms with Crippen molar-refractivity contribution in [1.29, 1.82) is 0 Å². The Hall–Kier alpha value is -2.49. The predicted molar refractivity (Wildman–Crippen MR) is 115 cm³/mol. The molecule has 7 nitrogen and oxygen atoms in total. The Kier molecular flexibility index (Phi) is 5.79.